The molecule has 2 rings (SSSR count). The Kier molecular flexibility index (Phi) is 14.8. The van der Waals surface area contributed by atoms with Crippen LogP contribution in [0.2, 0.25) is 0 Å². The Morgan fingerprint density at radius 1 is 0.780 bits per heavy atom. The van der Waals surface area contributed by atoms with Gasteiger partial charge in [-0.15, -0.1) is 0 Å². The molecule has 0 radical (unpaired) electrons. The number of hydrogen-bond donors (Lipinski definition) is 2. The van der Waals surface area contributed by atoms with Crippen LogP contribution in [-0.4, -0.2) is 72.9 Å². The molecule has 4 amide bonds. The van der Waals surface area contributed by atoms with E-state index in [-0.39, 0.29) is 85.6 Å². The maximum atomic E-state index is 13.2. The van der Waals surface area contributed by atoms with Crippen molar-refractivity contribution in [2.24, 2.45) is 39.9 Å². The predicted octanol–water partition coefficient (Wildman–Crippen LogP) is 5.77. The fourth-order valence-corrected chi connectivity index (χ4v) is 5.77. The van der Waals surface area contributed by atoms with Gasteiger partial charge in [0.1, 0.15) is 13.2 Å². The monoisotopic (exact) mass is 701 g/mol. The highest BCUT2D eigenvalue weighted by Crippen LogP contribution is 2.47. The number of ether oxygens (including phenoxy) is 3. The number of hydrogen-bond acceptors (Lipinski definition) is 9. The van der Waals surface area contributed by atoms with Crippen molar-refractivity contribution in [3.05, 3.63) is 29.8 Å². The molecule has 4 atom stereocenters. The minimum Gasteiger partial charge on any atom is -0.460 e. The molecule has 1 aliphatic rings. The Hall–Kier alpha value is -3.80. The average molecular weight is 702 g/mol. The minimum absolute atomic E-state index is 0.0373. The average Bonchev–Trinajstić information content (AvgIpc) is 3.26. The van der Waals surface area contributed by atoms with E-state index in [0.29, 0.717) is 5.69 Å². The zero-order valence-corrected chi connectivity index (χ0v) is 32.1. The highest BCUT2D eigenvalue weighted by atomic mass is 16.6. The molecular formula is C38H59N3O9. The number of nitrogens with one attached hydrogen (secondary N) is 2. The molecular weight excluding hydrogens is 642 g/mol. The third kappa shape index (κ3) is 12.2. The molecule has 1 aliphatic heterocycles. The number of likely N-dealkylation sites (tertiary alicyclic amines) is 1. The van der Waals surface area contributed by atoms with Crippen molar-refractivity contribution in [2.45, 2.75) is 102 Å². The number of amides is 4. The standard InChI is InChI=1S/C38H59N3O9/c1-23(2)30(27(42)21-24(3)31(43)39-26-15-13-25(14-16-26)22-50-34(46)38(10,11)12)40-35(47)49-20-19-48-18-17-41-32(44)28(36(4,5)6)29(33(41)45)37(7,8)9/h13-16,23-24,28-30H,17-22H2,1-12H3,(H,39,43)(H,40,47)/t24-,28?,29?,30+/m1/s1. The molecule has 1 fully saturated rings. The van der Waals surface area contributed by atoms with Crippen LogP contribution < -0.4 is 10.6 Å². The molecule has 12 nitrogen and oxygen atoms in total. The lowest BCUT2D eigenvalue weighted by Gasteiger charge is -2.35. The first-order valence-electron chi connectivity index (χ1n) is 17.4. The first-order valence-corrected chi connectivity index (χ1v) is 17.4. The molecule has 1 saturated heterocycles. The van der Waals surface area contributed by atoms with Crippen molar-refractivity contribution in [1.29, 1.82) is 0 Å². The SMILES string of the molecule is CC(C)[C@H](NC(=O)OCCOCCN1C(=O)C(C(C)(C)C)C(C(C)(C)C)C1=O)C(=O)C[C@@H](C)C(=O)Nc1ccc(COC(=O)C(C)(C)C)cc1. The molecule has 12 heteroatoms. The van der Waals surface area contributed by atoms with Gasteiger partial charge in [-0.3, -0.25) is 28.9 Å². The number of esters is 1. The Bertz CT molecular complexity index is 1340. The number of alkyl carbamates (subject to hydrolysis) is 1. The van der Waals surface area contributed by atoms with E-state index in [4.69, 9.17) is 14.2 Å². The summed E-state index contributed by atoms with van der Waals surface area (Å²) in [5, 5.41) is 5.39. The Morgan fingerprint density at radius 3 is 1.80 bits per heavy atom. The van der Waals surface area contributed by atoms with Gasteiger partial charge in [-0.05, 0) is 55.2 Å². The molecule has 50 heavy (non-hydrogen) atoms. The lowest BCUT2D eigenvalue weighted by molar-refractivity contribution is -0.154. The summed E-state index contributed by atoms with van der Waals surface area (Å²) in [5.41, 5.74) is -0.0442. The fourth-order valence-electron chi connectivity index (χ4n) is 5.77. The first-order chi connectivity index (χ1) is 22.9. The van der Waals surface area contributed by atoms with E-state index < -0.39 is 35.3 Å². The second-order valence-corrected chi connectivity index (χ2v) is 16.7. The summed E-state index contributed by atoms with van der Waals surface area (Å²) in [6.45, 7) is 22.6. The van der Waals surface area contributed by atoms with Crippen LogP contribution in [0.15, 0.2) is 24.3 Å². The van der Waals surface area contributed by atoms with E-state index in [2.05, 4.69) is 10.6 Å². The number of rotatable bonds is 15. The molecule has 1 heterocycles. The van der Waals surface area contributed by atoms with Crippen molar-refractivity contribution in [3.8, 4) is 0 Å². The molecule has 0 saturated carbocycles. The summed E-state index contributed by atoms with van der Waals surface area (Å²) in [6.07, 6.45) is -0.893. The Morgan fingerprint density at radius 2 is 1.32 bits per heavy atom. The molecule has 1 aromatic carbocycles. The van der Waals surface area contributed by atoms with Crippen LogP contribution >= 0.6 is 0 Å². The molecule has 2 unspecified atom stereocenters. The first kappa shape index (κ1) is 42.4. The van der Waals surface area contributed by atoms with Crippen LogP contribution in [0.5, 0.6) is 0 Å². The molecule has 280 valence electrons. The van der Waals surface area contributed by atoms with E-state index in [1.165, 1.54) is 4.90 Å². The minimum atomic E-state index is -0.868. The van der Waals surface area contributed by atoms with Gasteiger partial charge in [-0.1, -0.05) is 74.4 Å². The molecule has 0 aromatic heterocycles. The van der Waals surface area contributed by atoms with Gasteiger partial charge in [-0.25, -0.2) is 4.79 Å². The van der Waals surface area contributed by atoms with Crippen molar-refractivity contribution < 1.29 is 43.0 Å². The zero-order chi connectivity index (χ0) is 38.2. The summed E-state index contributed by atoms with van der Waals surface area (Å²) in [7, 11) is 0. The van der Waals surface area contributed by atoms with E-state index in [0.717, 1.165) is 5.56 Å². The highest BCUT2D eigenvalue weighted by Gasteiger charge is 2.56. The summed E-state index contributed by atoms with van der Waals surface area (Å²) >= 11 is 0. The van der Waals surface area contributed by atoms with Crippen molar-refractivity contribution >= 4 is 41.3 Å². The Balaban J connectivity index is 1.79. The van der Waals surface area contributed by atoms with E-state index in [1.54, 1.807) is 65.8 Å². The summed E-state index contributed by atoms with van der Waals surface area (Å²) in [6, 6.07) is 6.02. The summed E-state index contributed by atoms with van der Waals surface area (Å²) in [5.74, 6) is -3.13. The number of imide groups is 1. The predicted molar refractivity (Wildman–Crippen MR) is 190 cm³/mol. The van der Waals surface area contributed by atoms with Crippen LogP contribution in [0, 0.1) is 39.9 Å². The lowest BCUT2D eigenvalue weighted by atomic mass is 9.65. The van der Waals surface area contributed by atoms with Crippen molar-refractivity contribution in [2.75, 3.05) is 31.7 Å². The largest absolute Gasteiger partial charge is 0.460 e. The number of Topliss-reactive ketones (excluding diaryl/α,β-unsaturated/α-hetero) is 1. The maximum Gasteiger partial charge on any atom is 0.407 e. The van der Waals surface area contributed by atoms with Gasteiger partial charge in [-0.2, -0.15) is 0 Å². The second-order valence-electron chi connectivity index (χ2n) is 16.7. The van der Waals surface area contributed by atoms with E-state index in [1.807, 2.05) is 41.5 Å². The maximum absolute atomic E-state index is 13.2. The molecule has 1 aromatic rings. The number of ketones is 1. The highest BCUT2D eigenvalue weighted by molar-refractivity contribution is 6.05. The second kappa shape index (κ2) is 17.4. The fraction of sp³-hybridized carbons (Fsp3) is 0.684. The molecule has 0 aliphatic carbocycles. The van der Waals surface area contributed by atoms with E-state index >= 15 is 0 Å². The third-order valence-corrected chi connectivity index (χ3v) is 8.63. The van der Waals surface area contributed by atoms with Crippen molar-refractivity contribution in [3.63, 3.8) is 0 Å². The van der Waals surface area contributed by atoms with Gasteiger partial charge >= 0.3 is 12.1 Å². The van der Waals surface area contributed by atoms with Crippen LogP contribution in [0.4, 0.5) is 10.5 Å². The van der Waals surface area contributed by atoms with Crippen LogP contribution in [0.1, 0.15) is 95.1 Å². The Labute approximate surface area is 297 Å². The normalized spacial score (nSPS) is 18.1. The van der Waals surface area contributed by atoms with Crippen LogP contribution in [-0.2, 0) is 44.8 Å². The summed E-state index contributed by atoms with van der Waals surface area (Å²) < 4.78 is 16.1. The quantitative estimate of drug-likeness (QED) is 0.132. The smallest absolute Gasteiger partial charge is 0.407 e. The number of nitrogens with zero attached hydrogens (tertiary/aromatic N) is 1. The number of anilines is 1. The molecule has 2 N–H and O–H groups in total. The summed E-state index contributed by atoms with van der Waals surface area (Å²) in [4.78, 5) is 78.2. The topological polar surface area (TPSA) is 157 Å². The van der Waals surface area contributed by atoms with Gasteiger partial charge in [0, 0.05) is 18.0 Å². The van der Waals surface area contributed by atoms with Gasteiger partial charge in [0.15, 0.2) is 5.78 Å². The van der Waals surface area contributed by atoms with Crippen LogP contribution in [0.25, 0.3) is 0 Å². The van der Waals surface area contributed by atoms with Crippen LogP contribution in [0.3, 0.4) is 0 Å². The lowest BCUT2D eigenvalue weighted by Crippen LogP contribution is -2.45. The third-order valence-electron chi connectivity index (χ3n) is 8.63. The van der Waals surface area contributed by atoms with Crippen molar-refractivity contribution in [1.82, 2.24) is 10.2 Å². The van der Waals surface area contributed by atoms with Gasteiger partial charge in [0.2, 0.25) is 17.7 Å². The number of carbonyl (C=O) groups excluding carboxylic acids is 6. The zero-order valence-electron chi connectivity index (χ0n) is 32.1. The molecule has 0 spiro atoms. The van der Waals surface area contributed by atoms with Gasteiger partial charge in [0.05, 0.1) is 43.1 Å². The molecule has 0 bridgehead atoms. The number of carbonyl (C=O) groups is 6. The van der Waals surface area contributed by atoms with Gasteiger partial charge < -0.3 is 24.8 Å². The number of benzene rings is 1. The van der Waals surface area contributed by atoms with E-state index in [9.17, 15) is 28.8 Å². The van der Waals surface area contributed by atoms with Gasteiger partial charge in [0.25, 0.3) is 0 Å².